The highest BCUT2D eigenvalue weighted by atomic mass is 16.7. The number of likely N-dealkylation sites (tertiary alicyclic amines) is 1. The Labute approximate surface area is 211 Å². The molecule has 2 bridgehead atoms. The zero-order valence-electron chi connectivity index (χ0n) is 21.1. The van der Waals surface area contributed by atoms with Gasteiger partial charge < -0.3 is 14.5 Å². The van der Waals surface area contributed by atoms with Gasteiger partial charge in [-0.1, -0.05) is 30.3 Å². The first-order valence-electron chi connectivity index (χ1n) is 12.5. The molecule has 3 heterocycles. The van der Waals surface area contributed by atoms with Crippen molar-refractivity contribution < 1.29 is 28.8 Å². The van der Waals surface area contributed by atoms with Gasteiger partial charge in [-0.3, -0.25) is 25.3 Å². The number of hydrogen-bond acceptors (Lipinski definition) is 6. The quantitative estimate of drug-likeness (QED) is 0.597. The monoisotopic (exact) mass is 501 g/mol. The number of benzene rings is 1. The molecular weight excluding hydrogens is 466 g/mol. The molecule has 36 heavy (non-hydrogen) atoms. The van der Waals surface area contributed by atoms with E-state index in [2.05, 4.69) is 10.9 Å². The van der Waals surface area contributed by atoms with Gasteiger partial charge in [0.25, 0.3) is 5.91 Å². The number of nitrogens with zero attached hydrogens (tertiary/aromatic N) is 3. The summed E-state index contributed by atoms with van der Waals surface area (Å²) in [6.45, 7) is 6.79. The van der Waals surface area contributed by atoms with E-state index in [-0.39, 0.29) is 31.1 Å². The second-order valence-electron chi connectivity index (χ2n) is 10.5. The van der Waals surface area contributed by atoms with Crippen LogP contribution in [0.2, 0.25) is 0 Å². The van der Waals surface area contributed by atoms with Crippen molar-refractivity contribution in [3.05, 3.63) is 35.9 Å². The molecule has 4 rings (SSSR count). The number of carbonyl (C=O) groups is 4. The molecule has 1 aromatic rings. The summed E-state index contributed by atoms with van der Waals surface area (Å²) in [6.07, 6.45) is 1.91. The van der Waals surface area contributed by atoms with E-state index in [1.54, 1.807) is 20.8 Å². The average molecular weight is 502 g/mol. The summed E-state index contributed by atoms with van der Waals surface area (Å²) >= 11 is 0. The smallest absolute Gasteiger partial charge is 0.410 e. The van der Waals surface area contributed by atoms with Gasteiger partial charge in [0.15, 0.2) is 0 Å². The van der Waals surface area contributed by atoms with Crippen molar-refractivity contribution in [2.24, 2.45) is 5.92 Å². The molecular formula is C25H35N5O6. The highest BCUT2D eigenvalue weighted by molar-refractivity contribution is 5.90. The summed E-state index contributed by atoms with van der Waals surface area (Å²) in [7, 11) is 0. The SMILES string of the molecule is CC(C)(C)OC(=O)N1CCC[C@@H](C(=O)NNC(=O)[C@H]2CC[C@H]3CN2C(=O)N3OCc2ccccc2)C1. The van der Waals surface area contributed by atoms with Gasteiger partial charge in [0, 0.05) is 19.6 Å². The normalized spacial score (nSPS) is 23.9. The lowest BCUT2D eigenvalue weighted by atomic mass is 9.97. The van der Waals surface area contributed by atoms with Gasteiger partial charge in [-0.05, 0) is 52.0 Å². The molecule has 3 fully saturated rings. The maximum Gasteiger partial charge on any atom is 0.410 e. The van der Waals surface area contributed by atoms with E-state index in [4.69, 9.17) is 9.57 Å². The lowest BCUT2D eigenvalue weighted by molar-refractivity contribution is -0.140. The summed E-state index contributed by atoms with van der Waals surface area (Å²) in [5.74, 6) is -1.27. The van der Waals surface area contributed by atoms with Gasteiger partial charge >= 0.3 is 12.1 Å². The van der Waals surface area contributed by atoms with E-state index < -0.39 is 29.6 Å². The summed E-state index contributed by atoms with van der Waals surface area (Å²) in [6, 6.07) is 8.42. The van der Waals surface area contributed by atoms with Crippen molar-refractivity contribution in [1.29, 1.82) is 0 Å². The zero-order valence-corrected chi connectivity index (χ0v) is 21.1. The fourth-order valence-electron chi connectivity index (χ4n) is 4.78. The molecule has 0 spiro atoms. The van der Waals surface area contributed by atoms with E-state index in [1.165, 1.54) is 14.9 Å². The Balaban J connectivity index is 1.26. The van der Waals surface area contributed by atoms with Crippen molar-refractivity contribution in [3.8, 4) is 0 Å². The lowest BCUT2D eigenvalue weighted by Gasteiger charge is -2.33. The molecule has 0 radical (unpaired) electrons. The topological polar surface area (TPSA) is 121 Å². The van der Waals surface area contributed by atoms with Gasteiger partial charge in [-0.2, -0.15) is 5.06 Å². The number of amides is 5. The fourth-order valence-corrected chi connectivity index (χ4v) is 4.78. The van der Waals surface area contributed by atoms with Crippen molar-refractivity contribution in [3.63, 3.8) is 0 Å². The first kappa shape index (κ1) is 25.7. The van der Waals surface area contributed by atoms with E-state index >= 15 is 0 Å². The van der Waals surface area contributed by atoms with Gasteiger partial charge in [0.2, 0.25) is 5.91 Å². The number of ether oxygens (including phenoxy) is 1. The number of urea groups is 1. The molecule has 3 saturated heterocycles. The minimum atomic E-state index is -0.691. The molecule has 3 atom stereocenters. The van der Waals surface area contributed by atoms with Crippen LogP contribution in [0.3, 0.4) is 0 Å². The molecule has 1 aromatic carbocycles. The summed E-state index contributed by atoms with van der Waals surface area (Å²) in [5.41, 5.74) is 5.30. The Morgan fingerprint density at radius 1 is 1.00 bits per heavy atom. The van der Waals surface area contributed by atoms with E-state index in [0.29, 0.717) is 38.8 Å². The number of piperidine rings is 2. The number of rotatable bonds is 5. The van der Waals surface area contributed by atoms with Crippen molar-refractivity contribution in [2.45, 2.75) is 70.7 Å². The van der Waals surface area contributed by atoms with Gasteiger partial charge in [0.05, 0.1) is 12.0 Å². The second-order valence-corrected chi connectivity index (χ2v) is 10.5. The molecule has 11 nitrogen and oxygen atoms in total. The number of carbonyl (C=O) groups excluding carboxylic acids is 4. The van der Waals surface area contributed by atoms with E-state index in [1.807, 2.05) is 30.3 Å². The predicted molar refractivity (Wildman–Crippen MR) is 129 cm³/mol. The Bertz CT molecular complexity index is 981. The van der Waals surface area contributed by atoms with Crippen LogP contribution in [0.5, 0.6) is 0 Å². The van der Waals surface area contributed by atoms with Crippen molar-refractivity contribution >= 4 is 23.9 Å². The average Bonchev–Trinajstić information content (AvgIpc) is 3.09. The maximum absolute atomic E-state index is 12.9. The minimum Gasteiger partial charge on any atom is -0.444 e. The van der Waals surface area contributed by atoms with Crippen LogP contribution in [-0.2, 0) is 25.8 Å². The van der Waals surface area contributed by atoms with Crippen molar-refractivity contribution in [2.75, 3.05) is 19.6 Å². The zero-order chi connectivity index (χ0) is 25.9. The van der Waals surface area contributed by atoms with Crippen LogP contribution in [0.4, 0.5) is 9.59 Å². The number of fused-ring (bicyclic) bond motifs is 2. The lowest BCUT2D eigenvalue weighted by Crippen LogP contribution is -2.56. The van der Waals surface area contributed by atoms with Crippen LogP contribution < -0.4 is 10.9 Å². The Morgan fingerprint density at radius 2 is 1.72 bits per heavy atom. The molecule has 196 valence electrons. The molecule has 0 aliphatic carbocycles. The number of hydrogen-bond donors (Lipinski definition) is 2. The van der Waals surface area contributed by atoms with Crippen LogP contribution in [0.1, 0.15) is 52.0 Å². The predicted octanol–water partition coefficient (Wildman–Crippen LogP) is 2.18. The molecule has 3 aliphatic heterocycles. The van der Waals surface area contributed by atoms with Crippen LogP contribution >= 0.6 is 0 Å². The van der Waals surface area contributed by atoms with Crippen molar-refractivity contribution in [1.82, 2.24) is 25.7 Å². The molecule has 0 aromatic heterocycles. The van der Waals surface area contributed by atoms with E-state index in [9.17, 15) is 19.2 Å². The Morgan fingerprint density at radius 3 is 2.44 bits per heavy atom. The maximum atomic E-state index is 12.9. The fraction of sp³-hybridized carbons (Fsp3) is 0.600. The van der Waals surface area contributed by atoms with Crippen LogP contribution in [0, 0.1) is 5.92 Å². The van der Waals surface area contributed by atoms with Crippen LogP contribution in [-0.4, -0.2) is 76.1 Å². The third kappa shape index (κ3) is 6.07. The number of hydroxylamine groups is 2. The second kappa shape index (κ2) is 10.7. The standard InChI is InChI=1S/C25H35N5O6/c1-25(2,3)36-24(34)28-13-7-10-18(14-28)21(31)26-27-22(32)20-12-11-19-15-29(20)23(33)30(19)35-16-17-8-5-4-6-9-17/h4-6,8-9,18-20H,7,10-16H2,1-3H3,(H,26,31)(H,27,32)/t18-,19+,20-/m1/s1. The largest absolute Gasteiger partial charge is 0.444 e. The van der Waals surface area contributed by atoms with Gasteiger partial charge in [-0.15, -0.1) is 0 Å². The molecule has 3 aliphatic rings. The third-order valence-corrected chi connectivity index (χ3v) is 6.59. The highest BCUT2D eigenvalue weighted by Gasteiger charge is 2.48. The third-order valence-electron chi connectivity index (χ3n) is 6.59. The van der Waals surface area contributed by atoms with Gasteiger partial charge in [-0.25, -0.2) is 9.59 Å². The minimum absolute atomic E-state index is 0.110. The molecule has 2 N–H and O–H groups in total. The number of hydrazine groups is 1. The number of nitrogens with one attached hydrogen (secondary N) is 2. The van der Waals surface area contributed by atoms with Gasteiger partial charge in [0.1, 0.15) is 18.2 Å². The van der Waals surface area contributed by atoms with Crippen LogP contribution in [0.25, 0.3) is 0 Å². The van der Waals surface area contributed by atoms with Crippen LogP contribution in [0.15, 0.2) is 30.3 Å². The summed E-state index contributed by atoms with van der Waals surface area (Å²) in [4.78, 5) is 59.7. The summed E-state index contributed by atoms with van der Waals surface area (Å²) < 4.78 is 5.41. The highest BCUT2D eigenvalue weighted by Crippen LogP contribution is 2.30. The molecule has 0 unspecified atom stereocenters. The Kier molecular flexibility index (Phi) is 7.67. The molecule has 5 amide bonds. The first-order valence-corrected chi connectivity index (χ1v) is 12.5. The first-order chi connectivity index (χ1) is 17.1. The Hall–Kier alpha value is -3.34. The van der Waals surface area contributed by atoms with E-state index in [0.717, 1.165) is 5.56 Å². The summed E-state index contributed by atoms with van der Waals surface area (Å²) in [5, 5.41) is 1.37. The molecule has 0 saturated carbocycles. The molecule has 11 heteroatoms.